The van der Waals surface area contributed by atoms with Crippen LogP contribution in [0.3, 0.4) is 0 Å². The highest BCUT2D eigenvalue weighted by Crippen LogP contribution is 2.37. The Bertz CT molecular complexity index is 769. The molecule has 0 saturated carbocycles. The van der Waals surface area contributed by atoms with E-state index < -0.39 is 53.6 Å². The summed E-state index contributed by atoms with van der Waals surface area (Å²) in [5.41, 5.74) is -2.18. The maximum atomic E-state index is 13.4. The molecule has 0 aromatic rings. The fourth-order valence-electron chi connectivity index (χ4n) is 6.45. The summed E-state index contributed by atoms with van der Waals surface area (Å²) < 4.78 is 24.2. The van der Waals surface area contributed by atoms with Gasteiger partial charge in [0.1, 0.15) is 17.5 Å². The summed E-state index contributed by atoms with van der Waals surface area (Å²) in [6, 6.07) is 0. The summed E-state index contributed by atoms with van der Waals surface area (Å²) >= 11 is 0. The van der Waals surface area contributed by atoms with Crippen molar-refractivity contribution in [3.63, 3.8) is 0 Å². The zero-order valence-corrected chi connectivity index (χ0v) is 24.7. The second-order valence-corrected chi connectivity index (χ2v) is 12.5. The number of aliphatic hydroxyl groups excluding tert-OH is 1. The fraction of sp³-hybridized carbons (Fsp3) is 0.931. The highest BCUT2D eigenvalue weighted by Gasteiger charge is 2.47. The number of carbonyl (C=O) groups is 2. The number of carbonyl (C=O) groups excluding carboxylic acids is 2. The van der Waals surface area contributed by atoms with E-state index in [-0.39, 0.29) is 36.1 Å². The van der Waals surface area contributed by atoms with Crippen molar-refractivity contribution >= 4 is 11.8 Å². The first-order valence-electron chi connectivity index (χ1n) is 14.1. The van der Waals surface area contributed by atoms with E-state index in [9.17, 15) is 19.8 Å². The first kappa shape index (κ1) is 32.2. The lowest BCUT2D eigenvalue weighted by Gasteiger charge is -2.43. The van der Waals surface area contributed by atoms with Gasteiger partial charge in [0.15, 0.2) is 6.29 Å². The van der Waals surface area contributed by atoms with E-state index in [1.807, 2.05) is 20.8 Å². The molecule has 2 fully saturated rings. The van der Waals surface area contributed by atoms with Crippen LogP contribution in [0.4, 0.5) is 0 Å². The number of ketones is 1. The molecule has 2 aliphatic rings. The van der Waals surface area contributed by atoms with Crippen LogP contribution in [-0.2, 0) is 28.5 Å². The SMILES string of the molecule is CCC1OC(=O)C(C)C(O[C@H]2C[C@@](C)(OC)CC(C)O2)C(C)CC(C)C[C@@H](C)C(=O)[C@H](C)[C@@H](O)[C@]1(C)O. The predicted molar refractivity (Wildman–Crippen MR) is 141 cm³/mol. The second-order valence-electron chi connectivity index (χ2n) is 12.5. The number of aliphatic hydroxyl groups is 2. The normalized spacial score (nSPS) is 47.2. The Kier molecular flexibility index (Phi) is 11.2. The van der Waals surface area contributed by atoms with E-state index >= 15 is 0 Å². The van der Waals surface area contributed by atoms with E-state index in [1.165, 1.54) is 6.92 Å². The lowest BCUT2D eigenvalue weighted by Crippen LogP contribution is -2.56. The van der Waals surface area contributed by atoms with Crippen molar-refractivity contribution in [2.75, 3.05) is 7.11 Å². The van der Waals surface area contributed by atoms with Crippen molar-refractivity contribution < 1.29 is 38.7 Å². The summed E-state index contributed by atoms with van der Waals surface area (Å²) in [6.45, 7) is 16.7. The molecule has 0 spiro atoms. The number of esters is 1. The molecule has 0 aromatic carbocycles. The molecular weight excluding hydrogens is 476 g/mol. The third-order valence-corrected chi connectivity index (χ3v) is 8.75. The first-order chi connectivity index (χ1) is 17.1. The van der Waals surface area contributed by atoms with Gasteiger partial charge in [-0.2, -0.15) is 0 Å². The molecule has 6 unspecified atom stereocenters. The van der Waals surface area contributed by atoms with Gasteiger partial charge < -0.3 is 29.2 Å². The van der Waals surface area contributed by atoms with E-state index in [0.29, 0.717) is 12.8 Å². The molecule has 0 bridgehead atoms. The number of methoxy groups -OCH3 is 1. The maximum absolute atomic E-state index is 13.4. The molecule has 37 heavy (non-hydrogen) atoms. The van der Waals surface area contributed by atoms with E-state index in [1.54, 1.807) is 27.9 Å². The Balaban J connectivity index is 2.41. The highest BCUT2D eigenvalue weighted by atomic mass is 16.7. The summed E-state index contributed by atoms with van der Waals surface area (Å²) in [6.07, 6.45) is -0.508. The summed E-state index contributed by atoms with van der Waals surface area (Å²) in [5, 5.41) is 22.3. The van der Waals surface area contributed by atoms with Crippen molar-refractivity contribution in [2.24, 2.45) is 29.6 Å². The van der Waals surface area contributed by atoms with Crippen molar-refractivity contribution in [1.82, 2.24) is 0 Å². The van der Waals surface area contributed by atoms with Crippen LogP contribution in [0.15, 0.2) is 0 Å². The van der Waals surface area contributed by atoms with E-state index in [0.717, 1.165) is 12.8 Å². The molecule has 0 amide bonds. The molecule has 2 aliphatic heterocycles. The van der Waals surface area contributed by atoms with Crippen LogP contribution in [0.1, 0.15) is 94.4 Å². The molecular formula is C29H52O8. The number of rotatable bonds is 4. The first-order valence-corrected chi connectivity index (χ1v) is 14.1. The Morgan fingerprint density at radius 2 is 1.62 bits per heavy atom. The van der Waals surface area contributed by atoms with Crippen LogP contribution >= 0.6 is 0 Å². The fourth-order valence-corrected chi connectivity index (χ4v) is 6.45. The Hall–Kier alpha value is -1.06. The van der Waals surface area contributed by atoms with Gasteiger partial charge in [-0.25, -0.2) is 0 Å². The average molecular weight is 529 g/mol. The van der Waals surface area contributed by atoms with Gasteiger partial charge in [-0.1, -0.05) is 34.6 Å². The van der Waals surface area contributed by atoms with E-state index in [2.05, 4.69) is 13.8 Å². The van der Waals surface area contributed by atoms with Gasteiger partial charge in [-0.15, -0.1) is 0 Å². The van der Waals surface area contributed by atoms with Gasteiger partial charge in [0.2, 0.25) is 0 Å². The van der Waals surface area contributed by atoms with Crippen LogP contribution in [0.2, 0.25) is 0 Å². The smallest absolute Gasteiger partial charge is 0.311 e. The van der Waals surface area contributed by atoms with Gasteiger partial charge in [0.25, 0.3) is 0 Å². The molecule has 2 N–H and O–H groups in total. The zero-order chi connectivity index (χ0) is 28.3. The number of Topliss-reactive ketones (excluding diaryl/α,β-unsaturated/α-hetero) is 1. The summed E-state index contributed by atoms with van der Waals surface area (Å²) in [5.74, 6) is -2.18. The minimum Gasteiger partial charge on any atom is -0.459 e. The van der Waals surface area contributed by atoms with Crippen LogP contribution in [0.25, 0.3) is 0 Å². The lowest BCUT2D eigenvalue weighted by atomic mass is 9.76. The standard InChI is InChI=1S/C29H52O8/c1-11-22-29(9,33)26(31)20(6)24(30)17(3)12-16(2)13-18(4)25(21(7)27(32)36-22)37-23-15-28(8,34-10)14-19(5)35-23/h16-23,25-26,31,33H,11-15H2,1-10H3/t16?,17-,18?,19?,20+,21?,22?,23+,25?,26-,28+,29-/m1/s1. The zero-order valence-electron chi connectivity index (χ0n) is 24.7. The Morgan fingerprint density at radius 3 is 2.19 bits per heavy atom. The third kappa shape index (κ3) is 7.75. The highest BCUT2D eigenvalue weighted by molar-refractivity contribution is 5.83. The monoisotopic (exact) mass is 528 g/mol. The lowest BCUT2D eigenvalue weighted by molar-refractivity contribution is -0.264. The minimum atomic E-state index is -1.79. The largest absolute Gasteiger partial charge is 0.459 e. The van der Waals surface area contributed by atoms with Crippen molar-refractivity contribution in [3.05, 3.63) is 0 Å². The van der Waals surface area contributed by atoms with Gasteiger partial charge in [-0.05, 0) is 58.8 Å². The Morgan fingerprint density at radius 1 is 1.00 bits per heavy atom. The van der Waals surface area contributed by atoms with Crippen molar-refractivity contribution in [2.45, 2.75) is 136 Å². The number of hydrogen-bond donors (Lipinski definition) is 2. The second kappa shape index (κ2) is 12.9. The molecule has 8 heteroatoms. The molecule has 2 heterocycles. The van der Waals surface area contributed by atoms with Gasteiger partial charge in [-0.3, -0.25) is 9.59 Å². The van der Waals surface area contributed by atoms with Crippen molar-refractivity contribution in [3.8, 4) is 0 Å². The quantitative estimate of drug-likeness (QED) is 0.520. The molecule has 2 saturated heterocycles. The maximum Gasteiger partial charge on any atom is 0.311 e. The van der Waals surface area contributed by atoms with Crippen LogP contribution in [0.5, 0.6) is 0 Å². The molecule has 8 nitrogen and oxygen atoms in total. The van der Waals surface area contributed by atoms with Crippen LogP contribution < -0.4 is 0 Å². The van der Waals surface area contributed by atoms with Gasteiger partial charge >= 0.3 is 5.97 Å². The summed E-state index contributed by atoms with van der Waals surface area (Å²) in [7, 11) is 1.69. The molecule has 0 radical (unpaired) electrons. The topological polar surface area (TPSA) is 112 Å². The molecule has 2 rings (SSSR count). The third-order valence-electron chi connectivity index (χ3n) is 8.75. The van der Waals surface area contributed by atoms with Crippen LogP contribution in [0, 0.1) is 29.6 Å². The minimum absolute atomic E-state index is 0.0268. The number of ether oxygens (including phenoxy) is 4. The Labute approximate surface area is 223 Å². The summed E-state index contributed by atoms with van der Waals surface area (Å²) in [4.78, 5) is 26.6. The van der Waals surface area contributed by atoms with Gasteiger partial charge in [0.05, 0.1) is 29.8 Å². The predicted octanol–water partition coefficient (Wildman–Crippen LogP) is 4.28. The van der Waals surface area contributed by atoms with Crippen LogP contribution in [-0.4, -0.2) is 71.0 Å². The van der Waals surface area contributed by atoms with Crippen molar-refractivity contribution in [1.29, 1.82) is 0 Å². The average Bonchev–Trinajstić information content (AvgIpc) is 2.82. The van der Waals surface area contributed by atoms with Gasteiger partial charge in [0, 0.05) is 31.8 Å². The molecule has 0 aliphatic carbocycles. The number of hydrogen-bond acceptors (Lipinski definition) is 8. The van der Waals surface area contributed by atoms with E-state index in [4.69, 9.17) is 18.9 Å². The molecule has 216 valence electrons. The molecule has 0 aromatic heterocycles. The molecule has 12 atom stereocenters. The number of cyclic esters (lactones) is 1.